The van der Waals surface area contributed by atoms with Crippen LogP contribution in [0.5, 0.6) is 11.5 Å². The van der Waals surface area contributed by atoms with Crippen LogP contribution in [0.1, 0.15) is 52.0 Å². The minimum atomic E-state index is -1.35. The molecule has 0 spiro atoms. The fourth-order valence-electron chi connectivity index (χ4n) is 7.79. The van der Waals surface area contributed by atoms with E-state index in [-0.39, 0.29) is 34.7 Å². The number of imide groups is 2. The van der Waals surface area contributed by atoms with E-state index in [1.165, 1.54) is 30.2 Å². The molecule has 4 aliphatic rings. The first-order valence-electron chi connectivity index (χ1n) is 14.0. The van der Waals surface area contributed by atoms with Crippen molar-refractivity contribution in [1.82, 2.24) is 4.90 Å². The molecule has 10 heteroatoms. The molecule has 220 valence electrons. The smallest absolute Gasteiger partial charge is 0.241 e. The van der Waals surface area contributed by atoms with Crippen molar-refractivity contribution in [2.45, 2.75) is 52.0 Å². The van der Waals surface area contributed by atoms with E-state index in [0.717, 1.165) is 16.5 Å². The Morgan fingerprint density at radius 1 is 1.02 bits per heavy atom. The summed E-state index contributed by atoms with van der Waals surface area (Å²) in [4.78, 5) is 58.3. The number of anilines is 1. The monoisotopic (exact) mass is 594 g/mol. The maximum atomic E-state index is 14.4. The molecule has 6 rings (SSSR count). The van der Waals surface area contributed by atoms with E-state index in [1.54, 1.807) is 19.1 Å². The van der Waals surface area contributed by atoms with E-state index in [9.17, 15) is 28.7 Å². The van der Waals surface area contributed by atoms with E-state index in [2.05, 4.69) is 0 Å². The summed E-state index contributed by atoms with van der Waals surface area (Å²) in [6, 6.07) is 8.48. The Labute approximate surface area is 248 Å². The van der Waals surface area contributed by atoms with Gasteiger partial charge in [0.2, 0.25) is 23.6 Å². The average Bonchev–Trinajstić information content (AvgIpc) is 3.30. The average molecular weight is 595 g/mol. The molecule has 2 aliphatic carbocycles. The second-order valence-electron chi connectivity index (χ2n) is 12.9. The number of methoxy groups -OCH3 is 1. The number of likely N-dealkylation sites (tertiary alicyclic amines) is 1. The largest absolute Gasteiger partial charge is 0.508 e. The second-order valence-corrected chi connectivity index (χ2v) is 13.3. The molecule has 2 aliphatic heterocycles. The van der Waals surface area contributed by atoms with Gasteiger partial charge < -0.3 is 9.84 Å². The first-order chi connectivity index (χ1) is 19.7. The van der Waals surface area contributed by atoms with E-state index < -0.39 is 58.2 Å². The minimum absolute atomic E-state index is 0.114. The van der Waals surface area contributed by atoms with Gasteiger partial charge in [-0.1, -0.05) is 29.3 Å². The lowest BCUT2D eigenvalue weighted by Gasteiger charge is -2.49. The minimum Gasteiger partial charge on any atom is -0.508 e. The summed E-state index contributed by atoms with van der Waals surface area (Å²) in [5.74, 6) is -5.33. The molecule has 1 saturated carbocycles. The zero-order valence-corrected chi connectivity index (χ0v) is 24.7. The molecular formula is C32H32ClFN2O6. The fraction of sp³-hybridized carbons (Fsp3) is 0.438. The van der Waals surface area contributed by atoms with Crippen molar-refractivity contribution in [3.8, 4) is 11.5 Å². The lowest BCUT2D eigenvalue weighted by Crippen LogP contribution is -2.49. The van der Waals surface area contributed by atoms with Gasteiger partial charge in [-0.2, -0.15) is 0 Å². The molecule has 6 atom stereocenters. The highest BCUT2D eigenvalue weighted by atomic mass is 35.5. The van der Waals surface area contributed by atoms with Crippen LogP contribution < -0.4 is 9.64 Å². The zero-order valence-electron chi connectivity index (χ0n) is 24.0. The Morgan fingerprint density at radius 2 is 1.74 bits per heavy atom. The Kier molecular flexibility index (Phi) is 6.35. The summed E-state index contributed by atoms with van der Waals surface area (Å²) >= 11 is 6.04. The van der Waals surface area contributed by atoms with E-state index in [0.29, 0.717) is 17.7 Å². The third-order valence-electron chi connectivity index (χ3n) is 9.66. The number of aromatic hydroxyl groups is 1. The summed E-state index contributed by atoms with van der Waals surface area (Å²) in [7, 11) is 1.47. The standard InChI is InChI=1S/C32H32ClFN2O6/c1-31(2,3)36-27(38)19-10-9-17-20(25(19)29(36)40)14-21-28(39)35(15-6-11-23(34)22(33)12-15)30(41)32(21,4)26(17)18-8-7-16(42-5)13-24(18)37/h6-9,11-13,19-21,25-26,37H,10,14H2,1-5H3/t19-,20+,21-,25-,26+,32+/m0/s1. The molecule has 2 heterocycles. The number of halogens is 2. The van der Waals surface area contributed by atoms with Crippen LogP contribution in [-0.4, -0.2) is 46.3 Å². The fourth-order valence-corrected chi connectivity index (χ4v) is 7.96. The van der Waals surface area contributed by atoms with Crippen LogP contribution in [0, 0.1) is 34.9 Å². The van der Waals surface area contributed by atoms with Crippen molar-refractivity contribution >= 4 is 40.9 Å². The molecule has 0 radical (unpaired) electrons. The van der Waals surface area contributed by atoms with Gasteiger partial charge in [0.15, 0.2) is 0 Å². The predicted molar refractivity (Wildman–Crippen MR) is 152 cm³/mol. The number of nitrogens with zero attached hydrogens (tertiary/aromatic N) is 2. The van der Waals surface area contributed by atoms with Gasteiger partial charge in [0.25, 0.3) is 0 Å². The molecule has 0 aromatic heterocycles. The lowest BCUT2D eigenvalue weighted by molar-refractivity contribution is -0.145. The molecule has 3 fully saturated rings. The molecule has 8 nitrogen and oxygen atoms in total. The van der Waals surface area contributed by atoms with Gasteiger partial charge in [-0.05, 0) is 70.7 Å². The number of rotatable bonds is 3. The topological polar surface area (TPSA) is 104 Å². The van der Waals surface area contributed by atoms with E-state index >= 15 is 0 Å². The molecule has 2 saturated heterocycles. The number of amides is 4. The number of fused-ring (bicyclic) bond motifs is 4. The molecule has 0 bridgehead atoms. The van der Waals surface area contributed by atoms with E-state index in [1.807, 2.05) is 26.8 Å². The number of hydrogen-bond donors (Lipinski definition) is 1. The van der Waals surface area contributed by atoms with Gasteiger partial charge in [0.05, 0.1) is 41.0 Å². The van der Waals surface area contributed by atoms with E-state index in [4.69, 9.17) is 16.3 Å². The summed E-state index contributed by atoms with van der Waals surface area (Å²) in [6.07, 6.45) is 2.40. The van der Waals surface area contributed by atoms with Gasteiger partial charge >= 0.3 is 0 Å². The van der Waals surface area contributed by atoms with Crippen molar-refractivity contribution < 1.29 is 33.4 Å². The normalized spacial score (nSPS) is 30.7. The van der Waals surface area contributed by atoms with Crippen LogP contribution in [0.25, 0.3) is 0 Å². The molecule has 0 unspecified atom stereocenters. The maximum Gasteiger partial charge on any atom is 0.241 e. The number of ether oxygens (including phenoxy) is 1. The maximum absolute atomic E-state index is 14.4. The molecule has 4 amide bonds. The number of hydrogen-bond acceptors (Lipinski definition) is 6. The molecular weight excluding hydrogens is 563 g/mol. The highest BCUT2D eigenvalue weighted by molar-refractivity contribution is 6.31. The molecule has 1 N–H and O–H groups in total. The summed E-state index contributed by atoms with van der Waals surface area (Å²) in [5.41, 5.74) is -0.755. The van der Waals surface area contributed by atoms with Gasteiger partial charge in [0, 0.05) is 23.1 Å². The lowest BCUT2D eigenvalue weighted by atomic mass is 9.51. The van der Waals surface area contributed by atoms with Gasteiger partial charge in [-0.15, -0.1) is 0 Å². The van der Waals surface area contributed by atoms with Crippen molar-refractivity contribution in [3.05, 3.63) is 64.5 Å². The van der Waals surface area contributed by atoms with Crippen LogP contribution in [-0.2, 0) is 19.2 Å². The third kappa shape index (κ3) is 3.78. The Balaban J connectivity index is 1.53. The quantitative estimate of drug-likeness (QED) is 0.386. The molecule has 2 aromatic rings. The molecule has 42 heavy (non-hydrogen) atoms. The summed E-state index contributed by atoms with van der Waals surface area (Å²) < 4.78 is 19.3. The Hall–Kier alpha value is -3.72. The van der Waals surface area contributed by atoms with Crippen molar-refractivity contribution in [2.75, 3.05) is 12.0 Å². The van der Waals surface area contributed by atoms with Crippen LogP contribution in [0.3, 0.4) is 0 Å². The zero-order chi connectivity index (χ0) is 30.5. The van der Waals surface area contributed by atoms with Crippen LogP contribution >= 0.6 is 11.6 Å². The van der Waals surface area contributed by atoms with Crippen LogP contribution in [0.4, 0.5) is 10.1 Å². The van der Waals surface area contributed by atoms with Crippen molar-refractivity contribution in [2.24, 2.45) is 29.1 Å². The Bertz CT molecular complexity index is 1600. The highest BCUT2D eigenvalue weighted by Gasteiger charge is 2.68. The van der Waals surface area contributed by atoms with Crippen LogP contribution in [0.2, 0.25) is 5.02 Å². The van der Waals surface area contributed by atoms with Crippen LogP contribution in [0.15, 0.2) is 48.0 Å². The molecule has 2 aromatic carbocycles. The number of carbonyl (C=O) groups is 4. The number of carbonyl (C=O) groups excluding carboxylic acids is 4. The number of allylic oxidation sites excluding steroid dienone is 2. The third-order valence-corrected chi connectivity index (χ3v) is 9.95. The number of phenolic OH excluding ortho intramolecular Hbond substituents is 1. The predicted octanol–water partition coefficient (Wildman–Crippen LogP) is 5.22. The number of benzene rings is 2. The summed E-state index contributed by atoms with van der Waals surface area (Å²) in [6.45, 7) is 7.16. The van der Waals surface area contributed by atoms with Crippen molar-refractivity contribution in [1.29, 1.82) is 0 Å². The second kappa shape index (κ2) is 9.39. The Morgan fingerprint density at radius 3 is 2.36 bits per heavy atom. The van der Waals surface area contributed by atoms with Gasteiger partial charge in [0.1, 0.15) is 17.3 Å². The summed E-state index contributed by atoms with van der Waals surface area (Å²) in [5, 5.41) is 11.0. The van der Waals surface area contributed by atoms with Crippen molar-refractivity contribution in [3.63, 3.8) is 0 Å². The SMILES string of the molecule is COc1ccc([C@H]2C3=CC[C@@H]4C(=O)N(C(C)(C)C)C(=O)[C@@H]4[C@@H]3C[C@H]3C(=O)N(c4ccc(F)c(Cl)c4)C(=O)[C@@]23C)c(O)c1. The van der Waals surface area contributed by atoms with Gasteiger partial charge in [-0.25, -0.2) is 9.29 Å². The first kappa shape index (κ1) is 28.4. The van der Waals surface area contributed by atoms with Gasteiger partial charge in [-0.3, -0.25) is 24.1 Å². The number of phenols is 1. The highest BCUT2D eigenvalue weighted by Crippen LogP contribution is 2.64. The first-order valence-corrected chi connectivity index (χ1v) is 14.4.